The van der Waals surface area contributed by atoms with Crippen molar-refractivity contribution in [1.29, 1.82) is 0 Å². The lowest BCUT2D eigenvalue weighted by Crippen LogP contribution is -2.16. The van der Waals surface area contributed by atoms with Gasteiger partial charge in [0.2, 0.25) is 0 Å². The third-order valence-electron chi connectivity index (χ3n) is 4.24. The van der Waals surface area contributed by atoms with E-state index >= 15 is 0 Å². The fourth-order valence-corrected chi connectivity index (χ4v) is 3.08. The van der Waals surface area contributed by atoms with Gasteiger partial charge in [-0.3, -0.25) is 4.57 Å². The molecule has 0 bridgehead atoms. The minimum Gasteiger partial charge on any atom is -0.497 e. The van der Waals surface area contributed by atoms with Gasteiger partial charge in [-0.15, -0.1) is 0 Å². The van der Waals surface area contributed by atoms with E-state index in [4.69, 9.17) is 14.5 Å². The zero-order chi connectivity index (χ0) is 15.6. The molecule has 0 spiro atoms. The fraction of sp³-hybridized carbons (Fsp3) is 0.333. The van der Waals surface area contributed by atoms with Crippen molar-refractivity contribution in [2.75, 3.05) is 13.7 Å². The summed E-state index contributed by atoms with van der Waals surface area (Å²) in [7, 11) is 1.67. The molecule has 5 heteroatoms. The Hall–Kier alpha value is -2.40. The lowest BCUT2D eigenvalue weighted by Gasteiger charge is -2.23. The lowest BCUT2D eigenvalue weighted by molar-refractivity contribution is 0.00886. The van der Waals surface area contributed by atoms with Crippen molar-refractivity contribution in [3.63, 3.8) is 0 Å². The van der Waals surface area contributed by atoms with Crippen molar-refractivity contribution < 1.29 is 9.47 Å². The molecular weight excluding hydrogens is 290 g/mol. The second-order valence-corrected chi connectivity index (χ2v) is 5.70. The van der Waals surface area contributed by atoms with Crippen LogP contribution in [0.5, 0.6) is 5.75 Å². The van der Waals surface area contributed by atoms with E-state index in [1.54, 1.807) is 13.3 Å². The van der Waals surface area contributed by atoms with Gasteiger partial charge in [0.15, 0.2) is 5.65 Å². The number of fused-ring (bicyclic) bond motifs is 1. The predicted octanol–water partition coefficient (Wildman–Crippen LogP) is 3.67. The number of rotatable bonds is 3. The average Bonchev–Trinajstić information content (AvgIpc) is 3.02. The normalized spacial score (nSPS) is 18.2. The Bertz CT molecular complexity index is 805. The first-order valence-corrected chi connectivity index (χ1v) is 7.96. The van der Waals surface area contributed by atoms with Gasteiger partial charge < -0.3 is 9.47 Å². The van der Waals surface area contributed by atoms with E-state index < -0.39 is 0 Å². The van der Waals surface area contributed by atoms with Crippen LogP contribution in [0.3, 0.4) is 0 Å². The van der Waals surface area contributed by atoms with E-state index in [0.717, 1.165) is 47.9 Å². The summed E-state index contributed by atoms with van der Waals surface area (Å²) < 4.78 is 13.3. The monoisotopic (exact) mass is 309 g/mol. The number of imidazole rings is 1. The molecule has 0 radical (unpaired) electrons. The smallest absolute Gasteiger partial charge is 0.164 e. The highest BCUT2D eigenvalue weighted by atomic mass is 16.5. The highest BCUT2D eigenvalue weighted by Gasteiger charge is 2.24. The van der Waals surface area contributed by atoms with E-state index in [9.17, 15) is 0 Å². The number of methoxy groups -OCH3 is 1. The van der Waals surface area contributed by atoms with Crippen molar-refractivity contribution in [3.05, 3.63) is 48.4 Å². The van der Waals surface area contributed by atoms with Crippen molar-refractivity contribution in [2.45, 2.75) is 25.4 Å². The molecule has 4 rings (SSSR count). The summed E-state index contributed by atoms with van der Waals surface area (Å²) in [5, 5.41) is 0. The molecule has 118 valence electrons. The summed E-state index contributed by atoms with van der Waals surface area (Å²) in [6.07, 6.45) is 5.12. The molecule has 1 aliphatic rings. The Balaban J connectivity index is 1.87. The molecule has 3 heterocycles. The maximum atomic E-state index is 5.96. The van der Waals surface area contributed by atoms with Crippen molar-refractivity contribution >= 4 is 11.2 Å². The Labute approximate surface area is 134 Å². The van der Waals surface area contributed by atoms with Gasteiger partial charge in [0.25, 0.3) is 0 Å². The zero-order valence-electron chi connectivity index (χ0n) is 13.1. The lowest BCUT2D eigenvalue weighted by atomic mass is 10.1. The quantitative estimate of drug-likeness (QED) is 0.740. The van der Waals surface area contributed by atoms with Crippen molar-refractivity contribution in [2.24, 2.45) is 0 Å². The number of hydrogen-bond acceptors (Lipinski definition) is 4. The van der Waals surface area contributed by atoms with Gasteiger partial charge in [0.05, 0.1) is 7.11 Å². The van der Waals surface area contributed by atoms with Gasteiger partial charge in [0, 0.05) is 18.5 Å². The van der Waals surface area contributed by atoms with Crippen molar-refractivity contribution in [3.8, 4) is 11.4 Å². The van der Waals surface area contributed by atoms with Gasteiger partial charge in [0.1, 0.15) is 23.2 Å². The number of nitrogens with zero attached hydrogens (tertiary/aromatic N) is 3. The van der Waals surface area contributed by atoms with Gasteiger partial charge >= 0.3 is 0 Å². The molecule has 1 aliphatic heterocycles. The van der Waals surface area contributed by atoms with E-state index in [1.165, 1.54) is 6.42 Å². The van der Waals surface area contributed by atoms with Crippen LogP contribution in [-0.4, -0.2) is 28.3 Å². The molecule has 0 saturated carbocycles. The summed E-state index contributed by atoms with van der Waals surface area (Å²) >= 11 is 0. The Morgan fingerprint density at radius 3 is 2.78 bits per heavy atom. The second kappa shape index (κ2) is 6.01. The number of pyridine rings is 1. The average molecular weight is 309 g/mol. The third kappa shape index (κ3) is 2.57. The summed E-state index contributed by atoms with van der Waals surface area (Å²) in [6, 6.07) is 11.9. The molecule has 1 aromatic carbocycles. The maximum absolute atomic E-state index is 5.96. The topological polar surface area (TPSA) is 49.2 Å². The van der Waals surface area contributed by atoms with E-state index in [2.05, 4.69) is 9.55 Å². The molecule has 3 aromatic rings. The van der Waals surface area contributed by atoms with Crippen LogP contribution >= 0.6 is 0 Å². The second-order valence-electron chi connectivity index (χ2n) is 5.70. The fourth-order valence-electron chi connectivity index (χ4n) is 3.08. The highest BCUT2D eigenvalue weighted by molar-refractivity contribution is 5.74. The van der Waals surface area contributed by atoms with Gasteiger partial charge in [-0.2, -0.15) is 0 Å². The van der Waals surface area contributed by atoms with Crippen LogP contribution in [0.15, 0.2) is 42.6 Å². The van der Waals surface area contributed by atoms with Gasteiger partial charge in [-0.1, -0.05) is 0 Å². The molecule has 1 fully saturated rings. The van der Waals surface area contributed by atoms with Crippen LogP contribution in [0.4, 0.5) is 0 Å². The Kier molecular flexibility index (Phi) is 3.71. The summed E-state index contributed by atoms with van der Waals surface area (Å²) in [5.41, 5.74) is 2.78. The molecule has 1 saturated heterocycles. The zero-order valence-corrected chi connectivity index (χ0v) is 13.1. The number of hydrogen-bond donors (Lipinski definition) is 0. The van der Waals surface area contributed by atoms with Crippen LogP contribution in [0.2, 0.25) is 0 Å². The molecule has 0 amide bonds. The first-order chi connectivity index (χ1) is 11.4. The highest BCUT2D eigenvalue weighted by Crippen LogP contribution is 2.31. The molecule has 5 nitrogen and oxygen atoms in total. The maximum Gasteiger partial charge on any atom is 0.164 e. The van der Waals surface area contributed by atoms with Gasteiger partial charge in [-0.25, -0.2) is 9.97 Å². The van der Waals surface area contributed by atoms with Crippen LogP contribution in [0.25, 0.3) is 16.9 Å². The van der Waals surface area contributed by atoms with Crippen molar-refractivity contribution in [1.82, 2.24) is 14.5 Å². The van der Waals surface area contributed by atoms with Crippen LogP contribution in [0.1, 0.15) is 31.2 Å². The molecule has 23 heavy (non-hydrogen) atoms. The summed E-state index contributed by atoms with van der Waals surface area (Å²) in [4.78, 5) is 9.33. The first-order valence-electron chi connectivity index (χ1n) is 7.96. The summed E-state index contributed by atoms with van der Waals surface area (Å²) in [6.45, 7) is 0.796. The molecule has 1 unspecified atom stereocenters. The Morgan fingerprint density at radius 1 is 1.17 bits per heavy atom. The summed E-state index contributed by atoms with van der Waals surface area (Å²) in [5.74, 6) is 1.77. The Morgan fingerprint density at radius 2 is 2.04 bits per heavy atom. The SMILES string of the molecule is COc1ccc(-n2c(C3CCCCO3)nc3cccnc32)cc1. The van der Waals surface area contributed by atoms with E-state index in [1.807, 2.05) is 36.4 Å². The standard InChI is InChI=1S/C18H19N3O2/c1-22-14-9-7-13(8-10-14)21-17-15(5-4-11-19-17)20-18(21)16-6-2-3-12-23-16/h4-5,7-11,16H,2-3,6,12H2,1H3. The van der Waals surface area contributed by atoms with Crippen LogP contribution in [0, 0.1) is 0 Å². The van der Waals surface area contributed by atoms with Gasteiger partial charge in [-0.05, 0) is 55.7 Å². The molecular formula is C18H19N3O2. The largest absolute Gasteiger partial charge is 0.497 e. The molecule has 0 N–H and O–H groups in total. The first kappa shape index (κ1) is 14.2. The van der Waals surface area contributed by atoms with Crippen LogP contribution < -0.4 is 4.74 Å². The predicted molar refractivity (Wildman–Crippen MR) is 88.0 cm³/mol. The molecule has 0 aliphatic carbocycles. The number of ether oxygens (including phenoxy) is 2. The molecule has 2 aromatic heterocycles. The minimum absolute atomic E-state index is 0.0278. The van der Waals surface area contributed by atoms with Crippen LogP contribution in [-0.2, 0) is 4.74 Å². The van der Waals surface area contributed by atoms with E-state index in [-0.39, 0.29) is 6.10 Å². The number of benzene rings is 1. The third-order valence-corrected chi connectivity index (χ3v) is 4.24. The van der Waals surface area contributed by atoms with E-state index in [0.29, 0.717) is 0 Å². The minimum atomic E-state index is 0.0278. The molecule has 1 atom stereocenters. The number of aromatic nitrogens is 3.